The van der Waals surface area contributed by atoms with Crippen molar-refractivity contribution in [3.63, 3.8) is 0 Å². The minimum Gasteiger partial charge on any atom is -0.416 e. The molecule has 0 aromatic heterocycles. The zero-order valence-corrected chi connectivity index (χ0v) is 15.0. The van der Waals surface area contributed by atoms with Crippen molar-refractivity contribution >= 4 is 23.4 Å². The Kier molecular flexibility index (Phi) is 5.60. The topological polar surface area (TPSA) is 52.3 Å². The maximum Gasteiger partial charge on any atom is 0.191 e. The van der Waals surface area contributed by atoms with Gasteiger partial charge < -0.3 is 4.43 Å². The van der Waals surface area contributed by atoms with Crippen LogP contribution in [-0.4, -0.2) is 24.5 Å². The molecule has 1 aromatic rings. The summed E-state index contributed by atoms with van der Waals surface area (Å²) in [5.41, 5.74) is 0. The van der Waals surface area contributed by atoms with E-state index in [0.29, 0.717) is 17.9 Å². The van der Waals surface area contributed by atoms with E-state index in [0.717, 1.165) is 0 Å². The van der Waals surface area contributed by atoms with Crippen LogP contribution in [0.3, 0.4) is 0 Å². The van der Waals surface area contributed by atoms with Gasteiger partial charge in [0.2, 0.25) is 0 Å². The Morgan fingerprint density at radius 1 is 1.25 bits per heavy atom. The SMILES string of the molecule is CC(C)(C)[Si](C)(C)OCCC=S(N)(=O)c1ccccc1. The molecule has 0 fully saturated rings. The van der Waals surface area contributed by atoms with Crippen molar-refractivity contribution in [3.05, 3.63) is 30.3 Å². The second kappa shape index (κ2) is 6.43. The van der Waals surface area contributed by atoms with Crippen molar-refractivity contribution < 1.29 is 8.63 Å². The summed E-state index contributed by atoms with van der Waals surface area (Å²) in [5.74, 6) is 0. The van der Waals surface area contributed by atoms with E-state index < -0.39 is 18.0 Å². The molecule has 0 saturated heterocycles. The summed E-state index contributed by atoms with van der Waals surface area (Å²) in [6.07, 6.45) is 0.608. The van der Waals surface area contributed by atoms with Gasteiger partial charge in [-0.15, -0.1) is 0 Å². The fourth-order valence-electron chi connectivity index (χ4n) is 1.48. The average molecular weight is 314 g/mol. The molecule has 20 heavy (non-hydrogen) atoms. The second-order valence-corrected chi connectivity index (χ2v) is 13.4. The Morgan fingerprint density at radius 2 is 1.80 bits per heavy atom. The molecule has 1 aromatic carbocycles. The zero-order chi connectivity index (χ0) is 15.4. The van der Waals surface area contributed by atoms with Gasteiger partial charge in [-0.25, -0.2) is 4.21 Å². The molecule has 0 amide bonds. The predicted molar refractivity (Wildman–Crippen MR) is 90.9 cm³/mol. The van der Waals surface area contributed by atoms with Gasteiger partial charge in [0.1, 0.15) is 0 Å². The lowest BCUT2D eigenvalue weighted by Crippen LogP contribution is -2.41. The van der Waals surface area contributed by atoms with Crippen molar-refractivity contribution in [1.29, 1.82) is 0 Å². The van der Waals surface area contributed by atoms with E-state index >= 15 is 0 Å². The van der Waals surface area contributed by atoms with Crippen molar-refractivity contribution in [3.8, 4) is 0 Å². The van der Waals surface area contributed by atoms with Crippen LogP contribution in [0.1, 0.15) is 27.2 Å². The van der Waals surface area contributed by atoms with Gasteiger partial charge >= 0.3 is 0 Å². The van der Waals surface area contributed by atoms with E-state index in [1.165, 1.54) is 0 Å². The highest BCUT2D eigenvalue weighted by molar-refractivity contribution is 7.99. The Hall–Kier alpha value is -0.623. The molecular formula is C15H27NO2SSi. The highest BCUT2D eigenvalue weighted by Crippen LogP contribution is 2.36. The van der Waals surface area contributed by atoms with Gasteiger partial charge in [-0.1, -0.05) is 39.0 Å². The Balaban J connectivity index is 2.64. The third kappa shape index (κ3) is 4.73. The first kappa shape index (κ1) is 17.4. The molecule has 114 valence electrons. The van der Waals surface area contributed by atoms with E-state index in [-0.39, 0.29) is 5.04 Å². The molecule has 1 unspecified atom stereocenters. The molecule has 1 rings (SSSR count). The van der Waals surface area contributed by atoms with Crippen LogP contribution < -0.4 is 5.14 Å². The highest BCUT2D eigenvalue weighted by Gasteiger charge is 2.36. The fraction of sp³-hybridized carbons (Fsp3) is 0.533. The molecule has 2 N–H and O–H groups in total. The molecule has 0 bridgehead atoms. The summed E-state index contributed by atoms with van der Waals surface area (Å²) < 4.78 is 18.4. The van der Waals surface area contributed by atoms with Crippen LogP contribution in [-0.2, 0) is 14.1 Å². The van der Waals surface area contributed by atoms with E-state index in [1.54, 1.807) is 17.5 Å². The molecule has 0 aliphatic heterocycles. The van der Waals surface area contributed by atoms with E-state index in [2.05, 4.69) is 33.9 Å². The van der Waals surface area contributed by atoms with Gasteiger partial charge in [0.25, 0.3) is 0 Å². The summed E-state index contributed by atoms with van der Waals surface area (Å²) in [5, 5.41) is 7.78. The molecule has 0 spiro atoms. The quantitative estimate of drug-likeness (QED) is 0.514. The first-order valence-corrected chi connectivity index (χ1v) is 11.5. The number of hydrogen-bond donors (Lipinski definition) is 1. The number of hydrogen-bond acceptors (Lipinski definition) is 2. The van der Waals surface area contributed by atoms with Crippen molar-refractivity contribution in [2.24, 2.45) is 5.14 Å². The van der Waals surface area contributed by atoms with Gasteiger partial charge in [-0.3, -0.25) is 5.14 Å². The molecule has 3 nitrogen and oxygen atoms in total. The first-order chi connectivity index (χ1) is 9.06. The maximum absolute atomic E-state index is 12.4. The normalized spacial score (nSPS) is 15.7. The largest absolute Gasteiger partial charge is 0.416 e. The van der Waals surface area contributed by atoms with Crippen LogP contribution in [0.4, 0.5) is 0 Å². The molecule has 0 aliphatic carbocycles. The molecule has 0 heterocycles. The Bertz CT molecular complexity index is 541. The molecular weight excluding hydrogens is 286 g/mol. The van der Waals surface area contributed by atoms with Crippen LogP contribution in [0.15, 0.2) is 35.2 Å². The van der Waals surface area contributed by atoms with Crippen LogP contribution >= 0.6 is 0 Å². The van der Waals surface area contributed by atoms with Gasteiger partial charge in [-0.2, -0.15) is 0 Å². The third-order valence-electron chi connectivity index (χ3n) is 3.86. The van der Waals surface area contributed by atoms with Crippen molar-refractivity contribution in [1.82, 2.24) is 0 Å². The van der Waals surface area contributed by atoms with Gasteiger partial charge in [0.15, 0.2) is 8.32 Å². The first-order valence-electron chi connectivity index (χ1n) is 6.90. The molecule has 0 aliphatic rings. The minimum absolute atomic E-state index is 0.191. The summed E-state index contributed by atoms with van der Waals surface area (Å²) in [6.45, 7) is 11.6. The summed E-state index contributed by atoms with van der Waals surface area (Å²) in [7, 11) is -4.29. The predicted octanol–water partition coefficient (Wildman–Crippen LogP) is 3.42. The molecule has 5 heteroatoms. The lowest BCUT2D eigenvalue weighted by Gasteiger charge is -2.36. The lowest BCUT2D eigenvalue weighted by atomic mass is 10.2. The van der Waals surface area contributed by atoms with Gasteiger partial charge in [-0.05, 0) is 42.1 Å². The van der Waals surface area contributed by atoms with Crippen LogP contribution in [0.5, 0.6) is 0 Å². The highest BCUT2D eigenvalue weighted by atomic mass is 32.2. The van der Waals surface area contributed by atoms with E-state index in [9.17, 15) is 4.21 Å². The van der Waals surface area contributed by atoms with Gasteiger partial charge in [0.05, 0.1) is 9.71 Å². The third-order valence-corrected chi connectivity index (χ3v) is 10.1. The molecule has 0 radical (unpaired) electrons. The van der Waals surface area contributed by atoms with E-state index in [1.807, 2.05) is 18.2 Å². The minimum atomic E-state index is -2.55. The lowest BCUT2D eigenvalue weighted by molar-refractivity contribution is 0.299. The Morgan fingerprint density at radius 3 is 2.30 bits per heavy atom. The fourth-order valence-corrected chi connectivity index (χ4v) is 3.77. The smallest absolute Gasteiger partial charge is 0.191 e. The van der Waals surface area contributed by atoms with Crippen LogP contribution in [0.2, 0.25) is 18.1 Å². The van der Waals surface area contributed by atoms with Crippen LogP contribution in [0, 0.1) is 0 Å². The Labute approximate surface area is 124 Å². The summed E-state index contributed by atoms with van der Waals surface area (Å²) >= 11 is 0. The van der Waals surface area contributed by atoms with Crippen LogP contribution in [0.25, 0.3) is 0 Å². The van der Waals surface area contributed by atoms with Crippen molar-refractivity contribution in [2.45, 2.75) is 50.2 Å². The number of benzene rings is 1. The standard InChI is InChI=1S/C15H27NO2SSi/c1-15(2,3)20(4,5)18-12-9-13-19(16,17)14-10-7-6-8-11-14/h6-8,10-11,13H,9,12H2,1-5H3,(H2,16,17). The maximum atomic E-state index is 12.4. The summed E-state index contributed by atoms with van der Waals surface area (Å²) in [6, 6.07) is 9.18. The zero-order valence-electron chi connectivity index (χ0n) is 13.2. The summed E-state index contributed by atoms with van der Waals surface area (Å²) in [4.78, 5) is 0.673. The second-order valence-electron chi connectivity index (χ2n) is 6.52. The van der Waals surface area contributed by atoms with Gasteiger partial charge in [0, 0.05) is 11.5 Å². The average Bonchev–Trinajstić information content (AvgIpc) is 2.34. The molecule has 1 atom stereocenters. The monoisotopic (exact) mass is 313 g/mol. The molecule has 0 saturated carbocycles. The van der Waals surface area contributed by atoms with Crippen molar-refractivity contribution in [2.75, 3.05) is 6.61 Å². The number of rotatable bonds is 5. The van der Waals surface area contributed by atoms with E-state index in [4.69, 9.17) is 9.56 Å². The number of nitrogens with two attached hydrogens (primary N) is 1.